The lowest BCUT2D eigenvalue weighted by atomic mass is 10.2. The first-order valence-corrected chi connectivity index (χ1v) is 10.9. The Labute approximate surface area is 170 Å². The third kappa shape index (κ3) is 4.99. The molecule has 0 bridgehead atoms. The van der Waals surface area contributed by atoms with E-state index in [0.29, 0.717) is 37.7 Å². The maximum atomic E-state index is 12.5. The van der Waals surface area contributed by atoms with Crippen molar-refractivity contribution in [1.82, 2.24) is 14.9 Å². The maximum Gasteiger partial charge on any atom is 0.315 e. The number of sulfonamides is 1. The molecular weight excluding hydrogens is 394 g/mol. The SMILES string of the molecule is CCN(CC)S(=O)(=O)c1ccc(CNC(=O)NCc2ccc3c(c2)OCO3)cc1. The lowest BCUT2D eigenvalue weighted by Gasteiger charge is -2.18. The number of ether oxygens (including phenoxy) is 2. The highest BCUT2D eigenvalue weighted by atomic mass is 32.2. The smallest absolute Gasteiger partial charge is 0.315 e. The Bertz CT molecular complexity index is 957. The molecule has 29 heavy (non-hydrogen) atoms. The fraction of sp³-hybridized carbons (Fsp3) is 0.350. The highest BCUT2D eigenvalue weighted by molar-refractivity contribution is 7.89. The molecule has 0 spiro atoms. The molecule has 0 saturated carbocycles. The van der Waals surface area contributed by atoms with Crippen molar-refractivity contribution in [1.29, 1.82) is 0 Å². The monoisotopic (exact) mass is 419 g/mol. The van der Waals surface area contributed by atoms with Gasteiger partial charge in [-0.2, -0.15) is 4.31 Å². The minimum absolute atomic E-state index is 0.210. The molecular formula is C20H25N3O5S. The first-order chi connectivity index (χ1) is 13.9. The summed E-state index contributed by atoms with van der Waals surface area (Å²) in [5.74, 6) is 1.37. The number of nitrogens with zero attached hydrogens (tertiary/aromatic N) is 1. The van der Waals surface area contributed by atoms with Crippen molar-refractivity contribution in [3.8, 4) is 11.5 Å². The molecule has 3 rings (SSSR count). The molecule has 9 heteroatoms. The summed E-state index contributed by atoms with van der Waals surface area (Å²) in [7, 11) is -3.48. The van der Waals surface area contributed by atoms with Crippen molar-refractivity contribution in [2.75, 3.05) is 19.9 Å². The largest absolute Gasteiger partial charge is 0.454 e. The molecule has 0 saturated heterocycles. The molecule has 0 aromatic heterocycles. The maximum absolute atomic E-state index is 12.5. The fourth-order valence-corrected chi connectivity index (χ4v) is 4.43. The highest BCUT2D eigenvalue weighted by Crippen LogP contribution is 2.32. The van der Waals surface area contributed by atoms with Crippen molar-refractivity contribution in [3.05, 3.63) is 53.6 Å². The van der Waals surface area contributed by atoms with Crippen LogP contribution in [0.15, 0.2) is 47.4 Å². The first kappa shape index (κ1) is 20.9. The predicted octanol–water partition coefficient (Wildman–Crippen LogP) is 2.45. The molecule has 2 aromatic carbocycles. The minimum Gasteiger partial charge on any atom is -0.454 e. The molecule has 0 aliphatic carbocycles. The van der Waals surface area contributed by atoms with E-state index in [2.05, 4.69) is 10.6 Å². The zero-order valence-corrected chi connectivity index (χ0v) is 17.3. The van der Waals surface area contributed by atoms with Gasteiger partial charge in [0.05, 0.1) is 4.90 Å². The topological polar surface area (TPSA) is 97.0 Å². The van der Waals surface area contributed by atoms with E-state index in [-0.39, 0.29) is 17.7 Å². The Morgan fingerprint density at radius 3 is 2.17 bits per heavy atom. The Morgan fingerprint density at radius 2 is 1.52 bits per heavy atom. The van der Waals surface area contributed by atoms with Crippen LogP contribution in [0.1, 0.15) is 25.0 Å². The second-order valence-electron chi connectivity index (χ2n) is 6.46. The van der Waals surface area contributed by atoms with Crippen molar-refractivity contribution in [2.24, 2.45) is 0 Å². The molecule has 1 heterocycles. The third-order valence-electron chi connectivity index (χ3n) is 4.61. The molecule has 8 nitrogen and oxygen atoms in total. The molecule has 1 aliphatic rings. The summed E-state index contributed by atoms with van der Waals surface area (Å²) in [5.41, 5.74) is 1.71. The van der Waals surface area contributed by atoms with Gasteiger partial charge in [-0.1, -0.05) is 32.0 Å². The number of amides is 2. The van der Waals surface area contributed by atoms with Crippen LogP contribution in [-0.2, 0) is 23.1 Å². The normalized spacial score (nSPS) is 12.8. The Kier molecular flexibility index (Phi) is 6.60. The van der Waals surface area contributed by atoms with Gasteiger partial charge in [-0.15, -0.1) is 0 Å². The zero-order chi connectivity index (χ0) is 20.9. The van der Waals surface area contributed by atoms with Gasteiger partial charge >= 0.3 is 6.03 Å². The van der Waals surface area contributed by atoms with Gasteiger partial charge in [-0.3, -0.25) is 0 Å². The van der Waals surface area contributed by atoms with Gasteiger partial charge in [-0.05, 0) is 35.4 Å². The van der Waals surface area contributed by atoms with Gasteiger partial charge < -0.3 is 20.1 Å². The predicted molar refractivity (Wildman–Crippen MR) is 108 cm³/mol. The summed E-state index contributed by atoms with van der Waals surface area (Å²) in [5, 5.41) is 5.54. The number of rotatable bonds is 8. The van der Waals surface area contributed by atoms with Crippen molar-refractivity contribution in [2.45, 2.75) is 31.8 Å². The summed E-state index contributed by atoms with van der Waals surface area (Å²) in [6, 6.07) is 11.7. The van der Waals surface area contributed by atoms with Gasteiger partial charge in [0, 0.05) is 26.2 Å². The van der Waals surface area contributed by atoms with E-state index in [0.717, 1.165) is 11.1 Å². The Morgan fingerprint density at radius 1 is 0.931 bits per heavy atom. The molecule has 1 aliphatic heterocycles. The third-order valence-corrected chi connectivity index (χ3v) is 6.67. The summed E-state index contributed by atoms with van der Waals surface area (Å²) in [4.78, 5) is 12.3. The van der Waals surface area contributed by atoms with Crippen LogP contribution in [0.2, 0.25) is 0 Å². The minimum atomic E-state index is -3.48. The summed E-state index contributed by atoms with van der Waals surface area (Å²) >= 11 is 0. The first-order valence-electron chi connectivity index (χ1n) is 9.43. The van der Waals surface area contributed by atoms with E-state index in [1.165, 1.54) is 4.31 Å². The van der Waals surface area contributed by atoms with Crippen LogP contribution in [0.25, 0.3) is 0 Å². The van der Waals surface area contributed by atoms with E-state index in [1.54, 1.807) is 24.3 Å². The van der Waals surface area contributed by atoms with Gasteiger partial charge in [-0.25, -0.2) is 13.2 Å². The molecule has 0 unspecified atom stereocenters. The van der Waals surface area contributed by atoms with Crippen molar-refractivity contribution in [3.63, 3.8) is 0 Å². The average molecular weight is 420 g/mol. The van der Waals surface area contributed by atoms with E-state index in [1.807, 2.05) is 32.0 Å². The number of hydrogen-bond donors (Lipinski definition) is 2. The van der Waals surface area contributed by atoms with Gasteiger partial charge in [0.1, 0.15) is 0 Å². The number of nitrogens with one attached hydrogen (secondary N) is 2. The van der Waals surface area contributed by atoms with Crippen LogP contribution in [0.5, 0.6) is 11.5 Å². The molecule has 156 valence electrons. The molecule has 2 aromatic rings. The van der Waals surface area contributed by atoms with Crippen molar-refractivity contribution < 1.29 is 22.7 Å². The second-order valence-corrected chi connectivity index (χ2v) is 8.40. The highest BCUT2D eigenvalue weighted by Gasteiger charge is 2.21. The summed E-state index contributed by atoms with van der Waals surface area (Å²) < 4.78 is 37.0. The molecule has 0 radical (unpaired) electrons. The van der Waals surface area contributed by atoms with E-state index >= 15 is 0 Å². The summed E-state index contributed by atoms with van der Waals surface area (Å²) in [6.45, 7) is 5.31. The summed E-state index contributed by atoms with van der Waals surface area (Å²) in [6.07, 6.45) is 0. The number of fused-ring (bicyclic) bond motifs is 1. The molecule has 0 atom stereocenters. The molecule has 2 amide bonds. The van der Waals surface area contributed by atoms with Crippen LogP contribution < -0.4 is 20.1 Å². The lowest BCUT2D eigenvalue weighted by Crippen LogP contribution is -2.34. The van der Waals surface area contributed by atoms with Gasteiger partial charge in [0.2, 0.25) is 16.8 Å². The van der Waals surface area contributed by atoms with E-state index in [9.17, 15) is 13.2 Å². The zero-order valence-electron chi connectivity index (χ0n) is 16.5. The van der Waals surface area contributed by atoms with Crippen LogP contribution in [0.4, 0.5) is 4.79 Å². The standard InChI is InChI=1S/C20H25N3O5S/c1-3-23(4-2)29(25,26)17-8-5-15(6-9-17)12-21-20(24)22-13-16-7-10-18-19(11-16)28-14-27-18/h5-11H,3-4,12-14H2,1-2H3,(H2,21,22,24). The van der Waals surface area contributed by atoms with Crippen LogP contribution in [-0.4, -0.2) is 38.6 Å². The fourth-order valence-electron chi connectivity index (χ4n) is 2.97. The molecule has 2 N–H and O–H groups in total. The number of carbonyl (C=O) groups is 1. The quantitative estimate of drug-likeness (QED) is 0.685. The molecule has 0 fully saturated rings. The number of hydrogen-bond acceptors (Lipinski definition) is 5. The average Bonchev–Trinajstić information content (AvgIpc) is 3.19. The Balaban J connectivity index is 1.50. The van der Waals surface area contributed by atoms with Gasteiger partial charge in [0.15, 0.2) is 11.5 Å². The number of urea groups is 1. The van der Waals surface area contributed by atoms with Crippen LogP contribution in [0.3, 0.4) is 0 Å². The van der Waals surface area contributed by atoms with Crippen LogP contribution >= 0.6 is 0 Å². The van der Waals surface area contributed by atoms with Gasteiger partial charge in [0.25, 0.3) is 0 Å². The number of carbonyl (C=O) groups excluding carboxylic acids is 1. The Hall–Kier alpha value is -2.78. The second kappa shape index (κ2) is 9.15. The lowest BCUT2D eigenvalue weighted by molar-refractivity contribution is 0.174. The van der Waals surface area contributed by atoms with E-state index in [4.69, 9.17) is 9.47 Å². The van der Waals surface area contributed by atoms with Crippen molar-refractivity contribution >= 4 is 16.1 Å². The van der Waals surface area contributed by atoms with Crippen LogP contribution in [0, 0.1) is 0 Å². The number of benzene rings is 2. The van der Waals surface area contributed by atoms with E-state index < -0.39 is 10.0 Å².